The lowest BCUT2D eigenvalue weighted by atomic mass is 10.3. The van der Waals surface area contributed by atoms with Gasteiger partial charge in [0.2, 0.25) is 0 Å². The third-order valence-electron chi connectivity index (χ3n) is 1.49. The van der Waals surface area contributed by atoms with Crippen LogP contribution in [-0.2, 0) is 4.79 Å². The Morgan fingerprint density at radius 2 is 2.43 bits per heavy atom. The molecule has 0 saturated heterocycles. The van der Waals surface area contributed by atoms with Crippen molar-refractivity contribution in [3.05, 3.63) is 24.1 Å². The summed E-state index contributed by atoms with van der Waals surface area (Å²) in [7, 11) is 0. The smallest absolute Gasteiger partial charge is 0.151 e. The number of hydrogen-bond acceptors (Lipinski definition) is 4. The lowest BCUT2D eigenvalue weighted by Crippen LogP contribution is -2.21. The van der Waals surface area contributed by atoms with Crippen LogP contribution in [0.2, 0.25) is 0 Å². The van der Waals surface area contributed by atoms with Gasteiger partial charge in [0.1, 0.15) is 12.1 Å². The molecule has 0 fully saturated rings. The maximum atomic E-state index is 12.4. The maximum Gasteiger partial charge on any atom is 0.151 e. The summed E-state index contributed by atoms with van der Waals surface area (Å²) in [6.07, 6.45) is 3.55. The molecule has 74 valence electrons. The molecule has 0 bridgehead atoms. The van der Waals surface area contributed by atoms with Crippen molar-refractivity contribution in [3.63, 3.8) is 0 Å². The molecule has 0 aromatic carbocycles. The highest BCUT2D eigenvalue weighted by molar-refractivity contribution is 5.69. The molecule has 5 heteroatoms. The molecule has 1 aromatic rings. The van der Waals surface area contributed by atoms with E-state index in [1.165, 1.54) is 18.3 Å². The van der Waals surface area contributed by atoms with E-state index < -0.39 is 11.9 Å². The predicted octanol–water partition coefficient (Wildman–Crippen LogP) is 0.839. The minimum absolute atomic E-state index is 0.350. The molecule has 0 aliphatic heterocycles. The second-order valence-corrected chi connectivity index (χ2v) is 2.68. The van der Waals surface area contributed by atoms with Crippen molar-refractivity contribution in [2.24, 2.45) is 10.7 Å². The summed E-state index contributed by atoms with van der Waals surface area (Å²) in [5.41, 5.74) is 5.32. The second-order valence-electron chi connectivity index (χ2n) is 2.68. The molecule has 1 unspecified atom stereocenters. The third kappa shape index (κ3) is 3.40. The van der Waals surface area contributed by atoms with Crippen LogP contribution in [0.1, 0.15) is 6.42 Å². The summed E-state index contributed by atoms with van der Waals surface area (Å²) in [5, 5.41) is 0. The van der Waals surface area contributed by atoms with Crippen LogP contribution >= 0.6 is 0 Å². The van der Waals surface area contributed by atoms with Crippen LogP contribution < -0.4 is 5.73 Å². The average molecular weight is 195 g/mol. The Labute approximate surface area is 80.7 Å². The minimum atomic E-state index is -0.542. The van der Waals surface area contributed by atoms with Crippen LogP contribution in [0.25, 0.3) is 0 Å². The van der Waals surface area contributed by atoms with Gasteiger partial charge in [-0.3, -0.25) is 0 Å². The highest BCUT2D eigenvalue weighted by atomic mass is 19.1. The van der Waals surface area contributed by atoms with Crippen LogP contribution in [0.15, 0.2) is 23.3 Å². The number of aliphatic imine (C=N–C) groups is 1. The van der Waals surface area contributed by atoms with Gasteiger partial charge in [-0.1, -0.05) is 0 Å². The number of pyridine rings is 1. The summed E-state index contributed by atoms with van der Waals surface area (Å²) >= 11 is 0. The largest absolute Gasteiger partial charge is 0.321 e. The number of nitrogens with two attached hydrogens (primary N) is 1. The molecule has 1 atom stereocenters. The fraction of sp³-hybridized carbons (Fsp3) is 0.222. The van der Waals surface area contributed by atoms with Crippen molar-refractivity contribution in [1.29, 1.82) is 0 Å². The first-order valence-electron chi connectivity index (χ1n) is 4.07. The fourth-order valence-corrected chi connectivity index (χ4v) is 0.768. The van der Waals surface area contributed by atoms with Crippen molar-refractivity contribution in [1.82, 2.24) is 4.98 Å². The number of rotatable bonds is 4. The number of hydrogen-bond donors (Lipinski definition) is 1. The van der Waals surface area contributed by atoms with Gasteiger partial charge in [-0.05, 0) is 12.1 Å². The zero-order valence-electron chi connectivity index (χ0n) is 7.43. The van der Waals surface area contributed by atoms with Crippen molar-refractivity contribution in [3.8, 4) is 0 Å². The van der Waals surface area contributed by atoms with Crippen LogP contribution in [0, 0.1) is 5.82 Å². The molecular formula is C9H10FN3O. The van der Waals surface area contributed by atoms with E-state index in [0.717, 1.165) is 6.20 Å². The van der Waals surface area contributed by atoms with Gasteiger partial charge < -0.3 is 10.5 Å². The molecule has 1 heterocycles. The SMILES string of the molecule is NC(C=O)CC=Nc1ccc(F)cn1. The van der Waals surface area contributed by atoms with E-state index in [2.05, 4.69) is 9.98 Å². The zero-order chi connectivity index (χ0) is 10.4. The number of aldehydes is 1. The average Bonchev–Trinajstić information content (AvgIpc) is 2.21. The molecule has 0 saturated carbocycles. The lowest BCUT2D eigenvalue weighted by Gasteiger charge is -1.95. The summed E-state index contributed by atoms with van der Waals surface area (Å²) in [6, 6.07) is 2.16. The van der Waals surface area contributed by atoms with E-state index in [4.69, 9.17) is 5.73 Å². The normalized spacial score (nSPS) is 13.0. The lowest BCUT2D eigenvalue weighted by molar-refractivity contribution is -0.108. The van der Waals surface area contributed by atoms with Gasteiger partial charge in [-0.2, -0.15) is 0 Å². The van der Waals surface area contributed by atoms with Crippen LogP contribution in [0.5, 0.6) is 0 Å². The Morgan fingerprint density at radius 3 is 3.00 bits per heavy atom. The second kappa shape index (κ2) is 5.18. The van der Waals surface area contributed by atoms with E-state index in [1.807, 2.05) is 0 Å². The van der Waals surface area contributed by atoms with Gasteiger partial charge in [0.15, 0.2) is 5.82 Å². The molecule has 0 radical (unpaired) electrons. The Kier molecular flexibility index (Phi) is 3.87. The van der Waals surface area contributed by atoms with Crippen molar-refractivity contribution in [2.45, 2.75) is 12.5 Å². The Hall–Kier alpha value is -1.62. The van der Waals surface area contributed by atoms with Gasteiger partial charge in [0, 0.05) is 12.6 Å². The van der Waals surface area contributed by atoms with Gasteiger partial charge >= 0.3 is 0 Å². The van der Waals surface area contributed by atoms with Crippen molar-refractivity contribution < 1.29 is 9.18 Å². The molecule has 0 spiro atoms. The van der Waals surface area contributed by atoms with Crippen LogP contribution in [-0.4, -0.2) is 23.5 Å². The number of nitrogens with zero attached hydrogens (tertiary/aromatic N) is 2. The van der Waals surface area contributed by atoms with E-state index >= 15 is 0 Å². The first kappa shape index (κ1) is 10.5. The molecule has 0 aliphatic carbocycles. The fourth-order valence-electron chi connectivity index (χ4n) is 0.768. The topological polar surface area (TPSA) is 68.3 Å². The van der Waals surface area contributed by atoms with Crippen molar-refractivity contribution in [2.75, 3.05) is 0 Å². The van der Waals surface area contributed by atoms with Gasteiger partial charge in [-0.15, -0.1) is 0 Å². The molecule has 1 aromatic heterocycles. The molecule has 2 N–H and O–H groups in total. The van der Waals surface area contributed by atoms with E-state index in [9.17, 15) is 9.18 Å². The minimum Gasteiger partial charge on any atom is -0.321 e. The summed E-state index contributed by atoms with van der Waals surface area (Å²) < 4.78 is 12.4. The quantitative estimate of drug-likeness (QED) is 0.571. The number of carbonyl (C=O) groups is 1. The number of halogens is 1. The zero-order valence-corrected chi connectivity index (χ0v) is 7.43. The Balaban J connectivity index is 2.51. The monoisotopic (exact) mass is 195 g/mol. The molecular weight excluding hydrogens is 185 g/mol. The molecule has 0 aliphatic rings. The highest BCUT2D eigenvalue weighted by Crippen LogP contribution is 2.06. The van der Waals surface area contributed by atoms with Crippen LogP contribution in [0.3, 0.4) is 0 Å². The van der Waals surface area contributed by atoms with E-state index in [-0.39, 0.29) is 0 Å². The number of carbonyl (C=O) groups excluding carboxylic acids is 1. The first-order chi connectivity index (χ1) is 6.72. The maximum absolute atomic E-state index is 12.4. The predicted molar refractivity (Wildman–Crippen MR) is 51.0 cm³/mol. The summed E-state index contributed by atoms with van der Waals surface area (Å²) in [6.45, 7) is 0. The Bertz CT molecular complexity index is 323. The van der Waals surface area contributed by atoms with Gasteiger partial charge in [-0.25, -0.2) is 14.4 Å². The molecule has 14 heavy (non-hydrogen) atoms. The summed E-state index contributed by atoms with van der Waals surface area (Å²) in [5.74, 6) is -0.0157. The van der Waals surface area contributed by atoms with Crippen molar-refractivity contribution >= 4 is 18.3 Å². The van der Waals surface area contributed by atoms with Gasteiger partial charge in [0.25, 0.3) is 0 Å². The highest BCUT2D eigenvalue weighted by Gasteiger charge is 1.96. The summed E-state index contributed by atoms with van der Waals surface area (Å²) in [4.78, 5) is 17.7. The number of aromatic nitrogens is 1. The van der Waals surface area contributed by atoms with E-state index in [0.29, 0.717) is 18.5 Å². The van der Waals surface area contributed by atoms with Crippen LogP contribution in [0.4, 0.5) is 10.2 Å². The third-order valence-corrected chi connectivity index (χ3v) is 1.49. The standard InChI is InChI=1S/C9H10FN3O/c10-7-1-2-9(13-5-7)12-4-3-8(11)6-14/h1-2,4-6,8H,3,11H2. The van der Waals surface area contributed by atoms with Gasteiger partial charge in [0.05, 0.1) is 12.2 Å². The first-order valence-corrected chi connectivity index (χ1v) is 4.07. The molecule has 1 rings (SSSR count). The molecule has 0 amide bonds. The molecule has 4 nitrogen and oxygen atoms in total. The van der Waals surface area contributed by atoms with E-state index in [1.54, 1.807) is 0 Å². The Morgan fingerprint density at radius 1 is 1.64 bits per heavy atom.